The number of hydrogen-bond acceptors (Lipinski definition) is 3. The molecule has 0 aromatic heterocycles. The van der Waals surface area contributed by atoms with Crippen molar-refractivity contribution in [1.82, 2.24) is 9.80 Å². The van der Waals surface area contributed by atoms with Gasteiger partial charge in [-0.05, 0) is 32.5 Å². The number of ketones is 1. The highest BCUT2D eigenvalue weighted by molar-refractivity contribution is 5.94. The van der Waals surface area contributed by atoms with Gasteiger partial charge in [-0.3, -0.25) is 14.5 Å². The Kier molecular flexibility index (Phi) is 5.25. The van der Waals surface area contributed by atoms with Crippen LogP contribution in [0.15, 0.2) is 30.3 Å². The number of likely N-dealkylation sites (N-methyl/N-ethyl adjacent to an activating group) is 1. The van der Waals surface area contributed by atoms with E-state index >= 15 is 0 Å². The van der Waals surface area contributed by atoms with E-state index in [1.807, 2.05) is 70.1 Å². The van der Waals surface area contributed by atoms with Gasteiger partial charge in [0.25, 0.3) is 0 Å². The average Bonchev–Trinajstić information content (AvgIpc) is 2.95. The van der Waals surface area contributed by atoms with Crippen LogP contribution in [0.4, 0.5) is 0 Å². The van der Waals surface area contributed by atoms with E-state index in [0.717, 1.165) is 18.4 Å². The Morgan fingerprint density at radius 1 is 1.17 bits per heavy atom. The van der Waals surface area contributed by atoms with Crippen molar-refractivity contribution in [3.8, 4) is 0 Å². The molecular formula is C19H28N2O2. The van der Waals surface area contributed by atoms with Crippen LogP contribution in [0.3, 0.4) is 0 Å². The second-order valence-electron chi connectivity index (χ2n) is 7.58. The number of carbonyl (C=O) groups excluding carboxylic acids is 2. The summed E-state index contributed by atoms with van der Waals surface area (Å²) in [4.78, 5) is 29.6. The van der Waals surface area contributed by atoms with Crippen molar-refractivity contribution in [2.45, 2.75) is 45.7 Å². The minimum Gasteiger partial charge on any atom is -0.331 e. The molecule has 1 aromatic carbocycles. The van der Waals surface area contributed by atoms with E-state index in [0.29, 0.717) is 6.54 Å². The summed E-state index contributed by atoms with van der Waals surface area (Å²) in [5.41, 5.74) is 0.546. The first kappa shape index (κ1) is 17.7. The summed E-state index contributed by atoms with van der Waals surface area (Å²) >= 11 is 0. The van der Waals surface area contributed by atoms with Crippen LogP contribution >= 0.6 is 0 Å². The fourth-order valence-electron chi connectivity index (χ4n) is 3.26. The zero-order chi connectivity index (χ0) is 17.2. The maximum absolute atomic E-state index is 13.2. The van der Waals surface area contributed by atoms with Gasteiger partial charge in [-0.25, -0.2) is 0 Å². The van der Waals surface area contributed by atoms with Crippen LogP contribution in [0.1, 0.15) is 45.2 Å². The topological polar surface area (TPSA) is 40.6 Å². The molecule has 0 N–H and O–H groups in total. The Morgan fingerprint density at radius 2 is 1.78 bits per heavy atom. The zero-order valence-electron chi connectivity index (χ0n) is 14.9. The van der Waals surface area contributed by atoms with Gasteiger partial charge in [0, 0.05) is 12.0 Å². The SMILES string of the molecule is CN(C)[C@@H](C(=O)N1CCC[C@H]1C(=O)C(C)(C)C)c1ccccc1. The smallest absolute Gasteiger partial charge is 0.245 e. The van der Waals surface area contributed by atoms with Crippen LogP contribution < -0.4 is 0 Å². The van der Waals surface area contributed by atoms with Gasteiger partial charge in [-0.1, -0.05) is 51.1 Å². The maximum Gasteiger partial charge on any atom is 0.245 e. The molecule has 23 heavy (non-hydrogen) atoms. The molecule has 1 heterocycles. The van der Waals surface area contributed by atoms with E-state index in [9.17, 15) is 9.59 Å². The monoisotopic (exact) mass is 316 g/mol. The summed E-state index contributed by atoms with van der Waals surface area (Å²) < 4.78 is 0. The van der Waals surface area contributed by atoms with Crippen molar-refractivity contribution in [2.24, 2.45) is 5.41 Å². The molecule has 0 bridgehead atoms. The van der Waals surface area contributed by atoms with Crippen LogP contribution in [-0.4, -0.2) is 48.2 Å². The number of amides is 1. The van der Waals surface area contributed by atoms with Gasteiger partial charge < -0.3 is 4.90 Å². The first-order valence-electron chi connectivity index (χ1n) is 8.29. The van der Waals surface area contributed by atoms with Crippen molar-refractivity contribution in [2.75, 3.05) is 20.6 Å². The van der Waals surface area contributed by atoms with E-state index < -0.39 is 5.41 Å². The van der Waals surface area contributed by atoms with Gasteiger partial charge >= 0.3 is 0 Å². The number of Topliss-reactive ketones (excluding diaryl/α,β-unsaturated/α-hetero) is 1. The van der Waals surface area contributed by atoms with Crippen molar-refractivity contribution in [3.05, 3.63) is 35.9 Å². The first-order chi connectivity index (χ1) is 10.7. The lowest BCUT2D eigenvalue weighted by Gasteiger charge is -2.33. The first-order valence-corrected chi connectivity index (χ1v) is 8.29. The summed E-state index contributed by atoms with van der Waals surface area (Å²) in [5, 5.41) is 0. The molecule has 1 saturated heterocycles. The second-order valence-corrected chi connectivity index (χ2v) is 7.58. The van der Waals surface area contributed by atoms with E-state index in [1.165, 1.54) is 0 Å². The molecule has 126 valence electrons. The molecule has 0 spiro atoms. The predicted octanol–water partition coefficient (Wildman–Crippen LogP) is 2.90. The Morgan fingerprint density at radius 3 is 2.30 bits per heavy atom. The fourth-order valence-corrected chi connectivity index (χ4v) is 3.26. The molecule has 1 aliphatic heterocycles. The third-order valence-electron chi connectivity index (χ3n) is 4.44. The van der Waals surface area contributed by atoms with Crippen LogP contribution in [-0.2, 0) is 9.59 Å². The summed E-state index contributed by atoms with van der Waals surface area (Å²) in [6.45, 7) is 6.45. The third kappa shape index (κ3) is 3.81. The average molecular weight is 316 g/mol. The van der Waals surface area contributed by atoms with Crippen molar-refractivity contribution >= 4 is 11.7 Å². The molecule has 1 fully saturated rings. The standard InChI is InChI=1S/C19H28N2O2/c1-19(2,3)17(22)15-12-9-13-21(15)18(23)16(20(4)5)14-10-7-6-8-11-14/h6-8,10-11,15-16H,9,12-13H2,1-5H3/t15-,16+/m0/s1. The van der Waals surface area contributed by atoms with Gasteiger partial charge in [-0.2, -0.15) is 0 Å². The van der Waals surface area contributed by atoms with Gasteiger partial charge in [0.1, 0.15) is 6.04 Å². The van der Waals surface area contributed by atoms with Gasteiger partial charge in [0.15, 0.2) is 5.78 Å². The van der Waals surface area contributed by atoms with E-state index in [4.69, 9.17) is 0 Å². The normalized spacial score (nSPS) is 19.9. The maximum atomic E-state index is 13.2. The second kappa shape index (κ2) is 6.83. The quantitative estimate of drug-likeness (QED) is 0.857. The molecule has 0 radical (unpaired) electrons. The predicted molar refractivity (Wildman–Crippen MR) is 92.1 cm³/mol. The lowest BCUT2D eigenvalue weighted by molar-refractivity contribution is -0.144. The van der Waals surface area contributed by atoms with Crippen LogP contribution in [0.2, 0.25) is 0 Å². The molecule has 0 aliphatic carbocycles. The number of rotatable bonds is 4. The van der Waals surface area contributed by atoms with Gasteiger partial charge in [-0.15, -0.1) is 0 Å². The Bertz CT molecular complexity index is 560. The van der Waals surface area contributed by atoms with Gasteiger partial charge in [0.2, 0.25) is 5.91 Å². The summed E-state index contributed by atoms with van der Waals surface area (Å²) in [7, 11) is 3.82. The van der Waals surface area contributed by atoms with Crippen molar-refractivity contribution < 1.29 is 9.59 Å². The van der Waals surface area contributed by atoms with Gasteiger partial charge in [0.05, 0.1) is 6.04 Å². The van der Waals surface area contributed by atoms with Crippen LogP contribution in [0.5, 0.6) is 0 Å². The molecule has 0 saturated carbocycles. The van der Waals surface area contributed by atoms with Crippen LogP contribution in [0.25, 0.3) is 0 Å². The fraction of sp³-hybridized carbons (Fsp3) is 0.579. The number of nitrogens with zero attached hydrogens (tertiary/aromatic N) is 2. The van der Waals surface area contributed by atoms with Crippen molar-refractivity contribution in [1.29, 1.82) is 0 Å². The lowest BCUT2D eigenvalue weighted by Crippen LogP contribution is -2.48. The number of hydrogen-bond donors (Lipinski definition) is 0. The molecule has 1 aliphatic rings. The zero-order valence-corrected chi connectivity index (χ0v) is 14.9. The molecule has 2 atom stereocenters. The Balaban J connectivity index is 2.28. The summed E-state index contributed by atoms with van der Waals surface area (Å²) in [6, 6.07) is 9.15. The summed E-state index contributed by atoms with van der Waals surface area (Å²) in [6.07, 6.45) is 1.67. The molecule has 4 nitrogen and oxygen atoms in total. The molecule has 1 amide bonds. The Labute approximate surface area is 139 Å². The van der Waals surface area contributed by atoms with Crippen LogP contribution in [0, 0.1) is 5.41 Å². The van der Waals surface area contributed by atoms with E-state index in [1.54, 1.807) is 4.90 Å². The molecule has 2 rings (SSSR count). The van der Waals surface area contributed by atoms with Crippen molar-refractivity contribution in [3.63, 3.8) is 0 Å². The molecule has 0 unspecified atom stereocenters. The lowest BCUT2D eigenvalue weighted by atomic mass is 9.85. The highest BCUT2D eigenvalue weighted by atomic mass is 16.2. The summed E-state index contributed by atoms with van der Waals surface area (Å²) in [5.74, 6) is 0.190. The minimum absolute atomic E-state index is 0.0290. The molecule has 1 aromatic rings. The highest BCUT2D eigenvalue weighted by Crippen LogP contribution is 2.30. The van der Waals surface area contributed by atoms with E-state index in [2.05, 4.69) is 0 Å². The van der Waals surface area contributed by atoms with E-state index in [-0.39, 0.29) is 23.8 Å². The largest absolute Gasteiger partial charge is 0.331 e. The number of carbonyl (C=O) groups is 2. The Hall–Kier alpha value is -1.68. The molecule has 4 heteroatoms. The molecular weight excluding hydrogens is 288 g/mol. The third-order valence-corrected chi connectivity index (χ3v) is 4.44. The minimum atomic E-state index is -0.423. The number of likely N-dealkylation sites (tertiary alicyclic amines) is 1. The highest BCUT2D eigenvalue weighted by Gasteiger charge is 2.41. The number of benzene rings is 1.